The molecule has 2 heterocycles. The molecule has 0 saturated carbocycles. The predicted molar refractivity (Wildman–Crippen MR) is 158 cm³/mol. The first-order valence-corrected chi connectivity index (χ1v) is 14.0. The van der Waals surface area contributed by atoms with Crippen LogP contribution in [-0.2, 0) is 0 Å². The van der Waals surface area contributed by atoms with Crippen LogP contribution in [0.4, 0.5) is 18.9 Å². The minimum absolute atomic E-state index is 0.298. The van der Waals surface area contributed by atoms with Gasteiger partial charge in [0.1, 0.15) is 12.1 Å². The van der Waals surface area contributed by atoms with E-state index in [4.69, 9.17) is 0 Å². The van der Waals surface area contributed by atoms with Crippen LogP contribution in [0.1, 0.15) is 35.6 Å². The molecule has 1 atom stereocenters. The standard InChI is InChI=1S/C30H29F3N6OS/c1-19-15-20(2)27(21(3)16-19)39-22(4)13-14-41-29(39)36-35-17-23-5-7-24(8-6-23)28-34-18-38(37-28)25-9-11-26(12-10-25)40-30(31,32)33/h5-12,15-18,22H,13-14H2,1-4H3/b35-17+,36-29-. The molecule has 3 aromatic carbocycles. The first kappa shape index (κ1) is 28.4. The number of rotatable bonds is 6. The summed E-state index contributed by atoms with van der Waals surface area (Å²) < 4.78 is 42.6. The summed E-state index contributed by atoms with van der Waals surface area (Å²) in [6.07, 6.45) is -0.435. The highest BCUT2D eigenvalue weighted by Gasteiger charge is 2.31. The molecular formula is C30H29F3N6OS. The van der Waals surface area contributed by atoms with E-state index in [0.717, 1.165) is 28.5 Å². The molecule has 7 nitrogen and oxygen atoms in total. The molecule has 1 aliphatic rings. The minimum Gasteiger partial charge on any atom is -0.406 e. The van der Waals surface area contributed by atoms with Gasteiger partial charge in [-0.25, -0.2) is 9.67 Å². The molecular weight excluding hydrogens is 549 g/mol. The Kier molecular flexibility index (Phi) is 8.16. The number of aryl methyl sites for hydroxylation is 3. The summed E-state index contributed by atoms with van der Waals surface area (Å²) in [4.78, 5) is 6.64. The molecule has 0 spiro atoms. The summed E-state index contributed by atoms with van der Waals surface area (Å²) in [5, 5.41) is 14.4. The predicted octanol–water partition coefficient (Wildman–Crippen LogP) is 7.48. The SMILES string of the molecule is Cc1cc(C)c(N2/C(=N/N=C/c3ccc(-c4ncn(-c5ccc(OC(F)(F)F)cc5)n4)cc3)SCCC2C)c(C)c1. The van der Waals surface area contributed by atoms with E-state index in [-0.39, 0.29) is 5.75 Å². The van der Waals surface area contributed by atoms with Crippen molar-refractivity contribution in [2.75, 3.05) is 10.7 Å². The molecule has 11 heteroatoms. The summed E-state index contributed by atoms with van der Waals surface area (Å²) in [5.74, 6) is 1.18. The molecule has 1 fully saturated rings. The second-order valence-corrected chi connectivity index (χ2v) is 11.0. The van der Waals surface area contributed by atoms with Gasteiger partial charge in [-0.3, -0.25) is 0 Å². The van der Waals surface area contributed by atoms with Crippen LogP contribution < -0.4 is 9.64 Å². The zero-order valence-electron chi connectivity index (χ0n) is 23.1. The van der Waals surface area contributed by atoms with Crippen LogP contribution in [0.25, 0.3) is 17.1 Å². The minimum atomic E-state index is -4.74. The number of thioether (sulfide) groups is 1. The van der Waals surface area contributed by atoms with E-state index in [1.54, 1.807) is 18.0 Å². The van der Waals surface area contributed by atoms with Crippen molar-refractivity contribution in [2.24, 2.45) is 10.2 Å². The third kappa shape index (κ3) is 6.79. The Morgan fingerprint density at radius 1 is 1.00 bits per heavy atom. The largest absolute Gasteiger partial charge is 0.573 e. The van der Waals surface area contributed by atoms with Crippen molar-refractivity contribution < 1.29 is 17.9 Å². The molecule has 0 N–H and O–H groups in total. The Morgan fingerprint density at radius 2 is 1.68 bits per heavy atom. The molecule has 1 aromatic heterocycles. The maximum Gasteiger partial charge on any atom is 0.573 e. The maximum absolute atomic E-state index is 12.4. The van der Waals surface area contributed by atoms with Gasteiger partial charge in [0.05, 0.1) is 11.9 Å². The number of amidine groups is 1. The van der Waals surface area contributed by atoms with Gasteiger partial charge in [-0.05, 0) is 75.1 Å². The van der Waals surface area contributed by atoms with Gasteiger partial charge in [-0.2, -0.15) is 5.10 Å². The molecule has 0 amide bonds. The first-order valence-electron chi connectivity index (χ1n) is 13.1. The van der Waals surface area contributed by atoms with Crippen LogP contribution >= 0.6 is 11.8 Å². The van der Waals surface area contributed by atoms with Crippen molar-refractivity contribution in [1.29, 1.82) is 0 Å². The summed E-state index contributed by atoms with van der Waals surface area (Å²) in [6.45, 7) is 8.63. The average Bonchev–Trinajstić information content (AvgIpc) is 3.40. The number of benzene rings is 3. The second-order valence-electron chi connectivity index (χ2n) is 9.91. The Labute approximate surface area is 240 Å². The third-order valence-corrected chi connectivity index (χ3v) is 7.61. The van der Waals surface area contributed by atoms with Gasteiger partial charge in [0.2, 0.25) is 0 Å². The lowest BCUT2D eigenvalue weighted by Crippen LogP contribution is -2.42. The van der Waals surface area contributed by atoms with Gasteiger partial charge < -0.3 is 9.64 Å². The summed E-state index contributed by atoms with van der Waals surface area (Å²) >= 11 is 1.72. The fourth-order valence-corrected chi connectivity index (χ4v) is 5.99. The van der Waals surface area contributed by atoms with E-state index in [0.29, 0.717) is 17.6 Å². The summed E-state index contributed by atoms with van der Waals surface area (Å²) in [6, 6.07) is 17.8. The van der Waals surface area contributed by atoms with Gasteiger partial charge in [0.25, 0.3) is 0 Å². The van der Waals surface area contributed by atoms with E-state index >= 15 is 0 Å². The zero-order chi connectivity index (χ0) is 29.1. The molecule has 0 aliphatic carbocycles. The quantitative estimate of drug-likeness (QED) is 0.175. The van der Waals surface area contributed by atoms with Crippen LogP contribution in [0.3, 0.4) is 0 Å². The number of hydrogen-bond donors (Lipinski definition) is 0. The smallest absolute Gasteiger partial charge is 0.406 e. The number of alkyl halides is 3. The van der Waals surface area contributed by atoms with Gasteiger partial charge in [0, 0.05) is 23.0 Å². The third-order valence-electron chi connectivity index (χ3n) is 6.64. The lowest BCUT2D eigenvalue weighted by Gasteiger charge is -2.37. The monoisotopic (exact) mass is 578 g/mol. The molecule has 4 aromatic rings. The normalized spacial score (nSPS) is 17.0. The van der Waals surface area contributed by atoms with Crippen molar-refractivity contribution >= 4 is 28.8 Å². The topological polar surface area (TPSA) is 67.9 Å². The van der Waals surface area contributed by atoms with E-state index in [9.17, 15) is 13.2 Å². The first-order chi connectivity index (χ1) is 19.6. The maximum atomic E-state index is 12.4. The van der Waals surface area contributed by atoms with Crippen LogP contribution in [0.15, 0.2) is 77.2 Å². The number of halogens is 3. The lowest BCUT2D eigenvalue weighted by molar-refractivity contribution is -0.274. The Morgan fingerprint density at radius 3 is 2.34 bits per heavy atom. The van der Waals surface area contributed by atoms with Crippen LogP contribution in [0, 0.1) is 20.8 Å². The highest BCUT2D eigenvalue weighted by atomic mass is 32.2. The fraction of sp³-hybridized carbons (Fsp3) is 0.267. The van der Waals surface area contributed by atoms with Crippen LogP contribution in [-0.4, -0.2) is 44.3 Å². The van der Waals surface area contributed by atoms with Gasteiger partial charge in [-0.15, -0.1) is 23.4 Å². The molecule has 0 radical (unpaired) electrons. The van der Waals surface area contributed by atoms with Gasteiger partial charge in [-0.1, -0.05) is 53.7 Å². The highest BCUT2D eigenvalue weighted by molar-refractivity contribution is 8.14. The lowest BCUT2D eigenvalue weighted by atomic mass is 10.0. The van der Waals surface area contributed by atoms with Crippen LogP contribution in [0.5, 0.6) is 5.75 Å². The number of hydrogen-bond acceptors (Lipinski definition) is 6. The van der Waals surface area contributed by atoms with Gasteiger partial charge >= 0.3 is 6.36 Å². The second kappa shape index (κ2) is 11.8. The Hall–Kier alpha value is -4.12. The van der Waals surface area contributed by atoms with E-state index in [1.807, 2.05) is 24.3 Å². The number of nitrogens with zero attached hydrogens (tertiary/aromatic N) is 6. The number of anilines is 1. The van der Waals surface area contributed by atoms with E-state index < -0.39 is 6.36 Å². The van der Waals surface area contributed by atoms with Gasteiger partial charge in [0.15, 0.2) is 11.0 Å². The van der Waals surface area contributed by atoms with Crippen molar-refractivity contribution in [3.63, 3.8) is 0 Å². The Bertz CT molecular complexity index is 1560. The molecule has 1 aliphatic heterocycles. The van der Waals surface area contributed by atoms with Crippen molar-refractivity contribution in [1.82, 2.24) is 14.8 Å². The number of aromatic nitrogens is 3. The average molecular weight is 579 g/mol. The van der Waals surface area contributed by atoms with E-state index in [1.165, 1.54) is 57.7 Å². The Balaban J connectivity index is 1.29. The highest BCUT2D eigenvalue weighted by Crippen LogP contribution is 2.34. The van der Waals surface area contributed by atoms with E-state index in [2.05, 4.69) is 69.7 Å². The molecule has 1 saturated heterocycles. The zero-order valence-corrected chi connectivity index (χ0v) is 23.9. The van der Waals surface area contributed by atoms with Crippen molar-refractivity contribution in [3.8, 4) is 22.8 Å². The number of ether oxygens (including phenoxy) is 1. The summed E-state index contributed by atoms with van der Waals surface area (Å²) in [7, 11) is 0. The van der Waals surface area contributed by atoms with Crippen molar-refractivity contribution in [3.05, 3.63) is 89.2 Å². The fourth-order valence-electron chi connectivity index (χ4n) is 4.84. The molecule has 212 valence electrons. The van der Waals surface area contributed by atoms with Crippen LogP contribution in [0.2, 0.25) is 0 Å². The molecule has 41 heavy (non-hydrogen) atoms. The molecule has 0 bridgehead atoms. The summed E-state index contributed by atoms with van der Waals surface area (Å²) in [5.41, 5.74) is 7.13. The molecule has 5 rings (SSSR count). The molecule has 1 unspecified atom stereocenters. The van der Waals surface area contributed by atoms with Crippen molar-refractivity contribution in [2.45, 2.75) is 46.5 Å².